The molecule has 0 aliphatic carbocycles. The monoisotopic (exact) mass is 367 g/mol. The molecule has 0 bridgehead atoms. The number of carbonyl (C=O) groups excluding carboxylic acids is 2. The summed E-state index contributed by atoms with van der Waals surface area (Å²) in [5.74, 6) is -1.08. The van der Waals surface area contributed by atoms with E-state index in [1.807, 2.05) is 0 Å². The SMILES string of the molecule is CCOC(=O)c1ccoc1COC(=O)c1ccc(S(=O)(=O)NC)cc1. The van der Waals surface area contributed by atoms with Crippen LogP contribution < -0.4 is 4.72 Å². The zero-order valence-electron chi connectivity index (χ0n) is 13.6. The van der Waals surface area contributed by atoms with Crippen LogP contribution in [0.5, 0.6) is 0 Å². The van der Waals surface area contributed by atoms with E-state index in [1.165, 1.54) is 43.6 Å². The lowest BCUT2D eigenvalue weighted by Gasteiger charge is -2.06. The molecule has 9 heteroatoms. The molecule has 0 saturated carbocycles. The average Bonchev–Trinajstić information content (AvgIpc) is 3.08. The van der Waals surface area contributed by atoms with Gasteiger partial charge in [-0.25, -0.2) is 22.7 Å². The summed E-state index contributed by atoms with van der Waals surface area (Å²) in [6.45, 7) is 1.64. The number of rotatable bonds is 7. The van der Waals surface area contributed by atoms with E-state index >= 15 is 0 Å². The molecule has 0 saturated heterocycles. The number of esters is 2. The predicted octanol–water partition coefficient (Wildman–Crippen LogP) is 1.72. The predicted molar refractivity (Wildman–Crippen MR) is 86.5 cm³/mol. The van der Waals surface area contributed by atoms with Crippen molar-refractivity contribution < 1.29 is 31.9 Å². The van der Waals surface area contributed by atoms with Crippen LogP contribution in [0.25, 0.3) is 0 Å². The molecule has 0 unspecified atom stereocenters. The van der Waals surface area contributed by atoms with E-state index in [1.54, 1.807) is 6.92 Å². The standard InChI is InChI=1S/C16H17NO7S/c1-3-22-16(19)13-8-9-23-14(13)10-24-15(18)11-4-6-12(7-5-11)25(20,21)17-2/h4-9,17H,3,10H2,1-2H3. The highest BCUT2D eigenvalue weighted by Crippen LogP contribution is 2.15. The number of hydrogen-bond donors (Lipinski definition) is 1. The molecular weight excluding hydrogens is 350 g/mol. The zero-order valence-corrected chi connectivity index (χ0v) is 14.5. The van der Waals surface area contributed by atoms with Crippen molar-refractivity contribution in [1.82, 2.24) is 4.72 Å². The molecule has 0 aliphatic heterocycles. The van der Waals surface area contributed by atoms with Gasteiger partial charge < -0.3 is 13.9 Å². The zero-order chi connectivity index (χ0) is 18.4. The number of benzene rings is 1. The first-order valence-electron chi connectivity index (χ1n) is 7.33. The van der Waals surface area contributed by atoms with Crippen LogP contribution in [0.3, 0.4) is 0 Å². The fraction of sp³-hybridized carbons (Fsp3) is 0.250. The van der Waals surface area contributed by atoms with Gasteiger partial charge in [0.2, 0.25) is 10.0 Å². The van der Waals surface area contributed by atoms with E-state index in [0.29, 0.717) is 0 Å². The molecule has 0 spiro atoms. The number of sulfonamides is 1. The highest BCUT2D eigenvalue weighted by molar-refractivity contribution is 7.89. The minimum absolute atomic E-state index is 0.0298. The summed E-state index contributed by atoms with van der Waals surface area (Å²) in [6, 6.07) is 6.68. The minimum atomic E-state index is -3.58. The van der Waals surface area contributed by atoms with Crippen LogP contribution in [-0.4, -0.2) is 34.0 Å². The first kappa shape index (κ1) is 18.7. The third kappa shape index (κ3) is 4.46. The molecule has 25 heavy (non-hydrogen) atoms. The summed E-state index contributed by atoms with van der Waals surface area (Å²) < 4.78 is 40.5. The second-order valence-electron chi connectivity index (χ2n) is 4.79. The molecule has 1 N–H and O–H groups in total. The van der Waals surface area contributed by atoms with Crippen molar-refractivity contribution in [2.45, 2.75) is 18.4 Å². The van der Waals surface area contributed by atoms with Gasteiger partial charge in [-0.05, 0) is 44.3 Å². The molecule has 1 heterocycles. The Bertz CT molecular complexity index is 853. The number of furan rings is 1. The van der Waals surface area contributed by atoms with Gasteiger partial charge in [-0.3, -0.25) is 0 Å². The summed E-state index contributed by atoms with van der Waals surface area (Å²) >= 11 is 0. The molecule has 0 aliphatic rings. The van der Waals surface area contributed by atoms with Crippen molar-refractivity contribution in [1.29, 1.82) is 0 Å². The Morgan fingerprint density at radius 2 is 1.76 bits per heavy atom. The van der Waals surface area contributed by atoms with Crippen LogP contribution in [0.15, 0.2) is 45.9 Å². The van der Waals surface area contributed by atoms with Crippen molar-refractivity contribution in [2.24, 2.45) is 0 Å². The van der Waals surface area contributed by atoms with Gasteiger partial charge in [-0.15, -0.1) is 0 Å². The van der Waals surface area contributed by atoms with Crippen molar-refractivity contribution in [2.75, 3.05) is 13.7 Å². The Balaban J connectivity index is 2.04. The largest absolute Gasteiger partial charge is 0.465 e. The number of hydrogen-bond acceptors (Lipinski definition) is 7. The van der Waals surface area contributed by atoms with Crippen LogP contribution in [0.4, 0.5) is 0 Å². The van der Waals surface area contributed by atoms with Crippen molar-refractivity contribution >= 4 is 22.0 Å². The summed E-state index contributed by atoms with van der Waals surface area (Å²) in [4.78, 5) is 23.8. The topological polar surface area (TPSA) is 112 Å². The van der Waals surface area contributed by atoms with Crippen LogP contribution in [0.1, 0.15) is 33.4 Å². The second-order valence-corrected chi connectivity index (χ2v) is 6.67. The fourth-order valence-electron chi connectivity index (χ4n) is 1.95. The Morgan fingerprint density at radius 3 is 2.36 bits per heavy atom. The molecule has 2 rings (SSSR count). The van der Waals surface area contributed by atoms with Crippen LogP contribution in [0, 0.1) is 0 Å². The maximum absolute atomic E-state index is 12.0. The highest BCUT2D eigenvalue weighted by Gasteiger charge is 2.18. The second kappa shape index (κ2) is 7.95. The molecule has 0 radical (unpaired) electrons. The molecule has 1 aromatic heterocycles. The average molecular weight is 367 g/mol. The minimum Gasteiger partial charge on any atom is -0.465 e. The Morgan fingerprint density at radius 1 is 1.08 bits per heavy atom. The van der Waals surface area contributed by atoms with Gasteiger partial charge in [0.1, 0.15) is 5.56 Å². The first-order chi connectivity index (χ1) is 11.9. The summed E-state index contributed by atoms with van der Waals surface area (Å²) in [7, 11) is -2.28. The van der Waals surface area contributed by atoms with Gasteiger partial charge in [0.25, 0.3) is 0 Å². The molecule has 0 fully saturated rings. The van der Waals surface area contributed by atoms with Crippen molar-refractivity contribution in [3.8, 4) is 0 Å². The van der Waals surface area contributed by atoms with E-state index in [4.69, 9.17) is 13.9 Å². The van der Waals surface area contributed by atoms with Gasteiger partial charge in [-0.2, -0.15) is 0 Å². The first-order valence-corrected chi connectivity index (χ1v) is 8.81. The number of ether oxygens (including phenoxy) is 2. The third-order valence-electron chi connectivity index (χ3n) is 3.24. The van der Waals surface area contributed by atoms with Gasteiger partial charge in [0, 0.05) is 0 Å². The molecule has 8 nitrogen and oxygen atoms in total. The quantitative estimate of drug-likeness (QED) is 0.742. The molecule has 0 amide bonds. The Hall–Kier alpha value is -2.65. The smallest absolute Gasteiger partial charge is 0.341 e. The Labute approximate surface area is 144 Å². The summed E-state index contributed by atoms with van der Waals surface area (Å²) in [5.41, 5.74) is 0.351. The maximum Gasteiger partial charge on any atom is 0.341 e. The van der Waals surface area contributed by atoms with E-state index in [2.05, 4.69) is 4.72 Å². The Kier molecular flexibility index (Phi) is 5.94. The summed E-state index contributed by atoms with van der Waals surface area (Å²) in [6.07, 6.45) is 1.30. The van der Waals surface area contributed by atoms with Crippen molar-refractivity contribution in [3.63, 3.8) is 0 Å². The lowest BCUT2D eigenvalue weighted by Crippen LogP contribution is -2.18. The molecular formula is C16H17NO7S. The van der Waals surface area contributed by atoms with E-state index in [0.717, 1.165) is 0 Å². The number of carbonyl (C=O) groups is 2. The van der Waals surface area contributed by atoms with Gasteiger partial charge >= 0.3 is 11.9 Å². The lowest BCUT2D eigenvalue weighted by molar-refractivity contribution is 0.0422. The molecule has 134 valence electrons. The van der Waals surface area contributed by atoms with Crippen LogP contribution in [-0.2, 0) is 26.1 Å². The van der Waals surface area contributed by atoms with Gasteiger partial charge in [-0.1, -0.05) is 0 Å². The maximum atomic E-state index is 12.0. The van der Waals surface area contributed by atoms with Crippen molar-refractivity contribution in [3.05, 3.63) is 53.5 Å². The third-order valence-corrected chi connectivity index (χ3v) is 4.67. The summed E-state index contributed by atoms with van der Waals surface area (Å²) in [5, 5.41) is 0. The molecule has 0 atom stereocenters. The van der Waals surface area contributed by atoms with Crippen LogP contribution in [0.2, 0.25) is 0 Å². The normalized spacial score (nSPS) is 11.1. The molecule has 1 aromatic carbocycles. The van der Waals surface area contributed by atoms with Gasteiger partial charge in [0.05, 0.1) is 23.3 Å². The van der Waals surface area contributed by atoms with E-state index in [9.17, 15) is 18.0 Å². The van der Waals surface area contributed by atoms with Crippen LogP contribution >= 0.6 is 0 Å². The van der Waals surface area contributed by atoms with E-state index in [-0.39, 0.29) is 35.0 Å². The lowest BCUT2D eigenvalue weighted by atomic mass is 10.2. The fourth-order valence-corrected chi connectivity index (χ4v) is 2.68. The molecule has 2 aromatic rings. The number of nitrogens with one attached hydrogen (secondary N) is 1. The van der Waals surface area contributed by atoms with E-state index < -0.39 is 22.0 Å². The highest BCUT2D eigenvalue weighted by atomic mass is 32.2. The van der Waals surface area contributed by atoms with Gasteiger partial charge in [0.15, 0.2) is 12.4 Å².